The topological polar surface area (TPSA) is 59.1 Å². The summed E-state index contributed by atoms with van der Waals surface area (Å²) in [6.07, 6.45) is 1.15. The summed E-state index contributed by atoms with van der Waals surface area (Å²) in [6.45, 7) is 0.432. The van der Waals surface area contributed by atoms with Crippen LogP contribution in [0.2, 0.25) is 5.02 Å². The largest absolute Gasteiger partial charge is 0.494 e. The number of nitrogens with one attached hydrogen (secondary N) is 1. The monoisotopic (exact) mass is 230 g/mol. The lowest BCUT2D eigenvalue weighted by molar-refractivity contribution is 0.313. The third-order valence-corrected chi connectivity index (χ3v) is 2.04. The molecule has 0 saturated carbocycles. The lowest BCUT2D eigenvalue weighted by Gasteiger charge is -2.06. The second-order valence-electron chi connectivity index (χ2n) is 3.05. The van der Waals surface area contributed by atoms with Crippen LogP contribution in [0.3, 0.4) is 0 Å². The Morgan fingerprint density at radius 3 is 2.87 bits per heavy atom. The maximum Gasteiger partial charge on any atom is 0.142 e. The zero-order valence-electron chi connectivity index (χ0n) is 8.09. The Morgan fingerprint density at radius 2 is 2.27 bits per heavy atom. The molecule has 3 nitrogen and oxygen atoms in total. The average molecular weight is 231 g/mol. The molecule has 0 amide bonds. The molecule has 0 saturated heterocycles. The van der Waals surface area contributed by atoms with E-state index in [1.807, 2.05) is 0 Å². The minimum Gasteiger partial charge on any atom is -0.494 e. The molecule has 1 aromatic rings. The number of benzene rings is 1. The van der Waals surface area contributed by atoms with Gasteiger partial charge in [-0.25, -0.2) is 4.39 Å². The van der Waals surface area contributed by atoms with E-state index in [1.54, 1.807) is 0 Å². The van der Waals surface area contributed by atoms with Crippen LogP contribution in [0.5, 0.6) is 5.75 Å². The standard InChI is InChI=1S/C10H12ClFN2O/c11-8-6-7(3-4-9(8)12)15-5-1-2-10(13)14/h3-4,6H,1-2,5H2,(H3,13,14). The molecule has 0 spiro atoms. The zero-order valence-corrected chi connectivity index (χ0v) is 8.85. The highest BCUT2D eigenvalue weighted by Crippen LogP contribution is 2.21. The van der Waals surface area contributed by atoms with Crippen molar-refractivity contribution in [2.75, 3.05) is 6.61 Å². The van der Waals surface area contributed by atoms with Gasteiger partial charge in [-0.3, -0.25) is 5.41 Å². The van der Waals surface area contributed by atoms with Crippen LogP contribution in [0.15, 0.2) is 18.2 Å². The predicted molar refractivity (Wildman–Crippen MR) is 58.1 cm³/mol. The van der Waals surface area contributed by atoms with Crippen molar-refractivity contribution in [3.63, 3.8) is 0 Å². The summed E-state index contributed by atoms with van der Waals surface area (Å²) in [5, 5.41) is 7.03. The Balaban J connectivity index is 2.38. The molecular weight excluding hydrogens is 219 g/mol. The number of hydrogen-bond donors (Lipinski definition) is 2. The van der Waals surface area contributed by atoms with Crippen molar-refractivity contribution < 1.29 is 9.13 Å². The van der Waals surface area contributed by atoms with Gasteiger partial charge in [0.1, 0.15) is 11.6 Å². The molecule has 0 aliphatic heterocycles. The molecule has 0 heterocycles. The van der Waals surface area contributed by atoms with Gasteiger partial charge < -0.3 is 10.5 Å². The van der Waals surface area contributed by atoms with Crippen molar-refractivity contribution in [1.82, 2.24) is 0 Å². The highest BCUT2D eigenvalue weighted by Gasteiger charge is 2.01. The fourth-order valence-corrected chi connectivity index (χ4v) is 1.19. The molecule has 82 valence electrons. The molecular formula is C10H12ClFN2O. The van der Waals surface area contributed by atoms with Crippen molar-refractivity contribution in [3.05, 3.63) is 29.0 Å². The van der Waals surface area contributed by atoms with Crippen LogP contribution in [0, 0.1) is 11.2 Å². The minimum atomic E-state index is -0.465. The SMILES string of the molecule is N=C(N)CCCOc1ccc(F)c(Cl)c1. The Bertz CT molecular complexity index is 357. The Labute approximate surface area is 92.5 Å². The summed E-state index contributed by atoms with van der Waals surface area (Å²) in [5.41, 5.74) is 5.17. The third-order valence-electron chi connectivity index (χ3n) is 1.75. The van der Waals surface area contributed by atoms with E-state index in [0.29, 0.717) is 25.2 Å². The molecule has 1 rings (SSSR count). The Morgan fingerprint density at radius 1 is 1.53 bits per heavy atom. The van der Waals surface area contributed by atoms with Gasteiger partial charge in [-0.15, -0.1) is 0 Å². The number of amidine groups is 1. The zero-order chi connectivity index (χ0) is 11.3. The van der Waals surface area contributed by atoms with Crippen LogP contribution < -0.4 is 10.5 Å². The lowest BCUT2D eigenvalue weighted by atomic mass is 10.3. The van der Waals surface area contributed by atoms with Gasteiger partial charge >= 0.3 is 0 Å². The first-order chi connectivity index (χ1) is 7.09. The quantitative estimate of drug-likeness (QED) is 0.464. The van der Waals surface area contributed by atoms with Gasteiger partial charge in [0.05, 0.1) is 17.5 Å². The predicted octanol–water partition coefficient (Wildman–Crippen LogP) is 2.57. The molecule has 0 aromatic heterocycles. The van der Waals surface area contributed by atoms with E-state index in [1.165, 1.54) is 18.2 Å². The Kier molecular flexibility index (Phi) is 4.37. The molecule has 0 atom stereocenters. The van der Waals surface area contributed by atoms with Gasteiger partial charge in [0, 0.05) is 12.5 Å². The summed E-state index contributed by atoms with van der Waals surface area (Å²) in [6, 6.07) is 4.18. The molecule has 15 heavy (non-hydrogen) atoms. The molecule has 1 aromatic carbocycles. The molecule has 0 fully saturated rings. The maximum atomic E-state index is 12.8. The molecule has 0 radical (unpaired) electrons. The third kappa shape index (κ3) is 4.16. The molecule has 5 heteroatoms. The second-order valence-corrected chi connectivity index (χ2v) is 3.46. The van der Waals surface area contributed by atoms with E-state index in [0.717, 1.165) is 0 Å². The van der Waals surface area contributed by atoms with Crippen LogP contribution in [0.4, 0.5) is 4.39 Å². The fraction of sp³-hybridized carbons (Fsp3) is 0.300. The van der Waals surface area contributed by atoms with E-state index >= 15 is 0 Å². The molecule has 3 N–H and O–H groups in total. The van der Waals surface area contributed by atoms with Crippen LogP contribution in [0.25, 0.3) is 0 Å². The number of hydrogen-bond acceptors (Lipinski definition) is 2. The number of rotatable bonds is 5. The van der Waals surface area contributed by atoms with E-state index < -0.39 is 5.82 Å². The van der Waals surface area contributed by atoms with Crippen molar-refractivity contribution in [3.8, 4) is 5.75 Å². The first-order valence-electron chi connectivity index (χ1n) is 4.50. The second kappa shape index (κ2) is 5.56. The van der Waals surface area contributed by atoms with E-state index in [2.05, 4.69) is 0 Å². The van der Waals surface area contributed by atoms with Crippen LogP contribution in [-0.2, 0) is 0 Å². The average Bonchev–Trinajstić information content (AvgIpc) is 2.18. The van der Waals surface area contributed by atoms with Crippen LogP contribution in [-0.4, -0.2) is 12.4 Å². The minimum absolute atomic E-state index is 0.0408. The van der Waals surface area contributed by atoms with E-state index in [9.17, 15) is 4.39 Å². The van der Waals surface area contributed by atoms with Gasteiger partial charge in [0.25, 0.3) is 0 Å². The number of halogens is 2. The smallest absolute Gasteiger partial charge is 0.142 e. The number of ether oxygens (including phenoxy) is 1. The lowest BCUT2D eigenvalue weighted by Crippen LogP contribution is -2.10. The summed E-state index contributed by atoms with van der Waals surface area (Å²) in [4.78, 5) is 0. The fourth-order valence-electron chi connectivity index (χ4n) is 1.02. The maximum absolute atomic E-state index is 12.8. The van der Waals surface area contributed by atoms with Gasteiger partial charge in [0.2, 0.25) is 0 Å². The number of nitrogens with two attached hydrogens (primary N) is 1. The van der Waals surface area contributed by atoms with Gasteiger partial charge in [-0.2, -0.15) is 0 Å². The van der Waals surface area contributed by atoms with Crippen molar-refractivity contribution >= 4 is 17.4 Å². The first-order valence-corrected chi connectivity index (χ1v) is 4.88. The van der Waals surface area contributed by atoms with Crippen LogP contribution >= 0.6 is 11.6 Å². The highest BCUT2D eigenvalue weighted by molar-refractivity contribution is 6.30. The van der Waals surface area contributed by atoms with E-state index in [4.69, 9.17) is 27.5 Å². The molecule has 0 unspecified atom stereocenters. The summed E-state index contributed by atoms with van der Waals surface area (Å²) >= 11 is 5.57. The van der Waals surface area contributed by atoms with Gasteiger partial charge in [0.15, 0.2) is 0 Å². The van der Waals surface area contributed by atoms with Crippen molar-refractivity contribution in [1.29, 1.82) is 5.41 Å². The summed E-state index contributed by atoms with van der Waals surface area (Å²) in [5.74, 6) is 0.188. The van der Waals surface area contributed by atoms with E-state index in [-0.39, 0.29) is 10.9 Å². The summed E-state index contributed by atoms with van der Waals surface area (Å²) in [7, 11) is 0. The van der Waals surface area contributed by atoms with Crippen molar-refractivity contribution in [2.24, 2.45) is 5.73 Å². The van der Waals surface area contributed by atoms with Gasteiger partial charge in [-0.1, -0.05) is 11.6 Å². The summed E-state index contributed by atoms with van der Waals surface area (Å²) < 4.78 is 18.0. The molecule has 0 bridgehead atoms. The molecule has 0 aliphatic carbocycles. The highest BCUT2D eigenvalue weighted by atomic mass is 35.5. The van der Waals surface area contributed by atoms with Crippen LogP contribution in [0.1, 0.15) is 12.8 Å². The van der Waals surface area contributed by atoms with Crippen molar-refractivity contribution in [2.45, 2.75) is 12.8 Å². The normalized spacial score (nSPS) is 10.0. The first kappa shape index (κ1) is 11.8. The molecule has 0 aliphatic rings. The Hall–Kier alpha value is -1.29. The van der Waals surface area contributed by atoms with Gasteiger partial charge in [-0.05, 0) is 18.6 Å².